The maximum atomic E-state index is 13.2. The SMILES string of the molecule is COCCn1nnnc1-c1cccc(NC(=O)NCCCN2CCCC(Cc3ccc(F)cc3)C2)c1. The van der Waals surface area contributed by atoms with Crippen molar-refractivity contribution in [3.63, 3.8) is 0 Å². The third-order valence-electron chi connectivity index (χ3n) is 6.40. The molecule has 2 heterocycles. The number of hydrogen-bond donors (Lipinski definition) is 2. The molecule has 1 saturated heterocycles. The molecule has 2 aromatic carbocycles. The van der Waals surface area contributed by atoms with Gasteiger partial charge in [-0.05, 0) is 84.9 Å². The maximum absolute atomic E-state index is 13.2. The van der Waals surface area contributed by atoms with Crippen molar-refractivity contribution in [2.75, 3.05) is 45.2 Å². The summed E-state index contributed by atoms with van der Waals surface area (Å²) in [6, 6.07) is 14.1. The van der Waals surface area contributed by atoms with E-state index in [4.69, 9.17) is 4.74 Å². The second-order valence-corrected chi connectivity index (χ2v) is 9.17. The number of carbonyl (C=O) groups excluding carboxylic acids is 1. The van der Waals surface area contributed by atoms with Crippen LogP contribution in [-0.4, -0.2) is 71.0 Å². The molecule has 2 amide bonds. The molecule has 4 rings (SSSR count). The van der Waals surface area contributed by atoms with Crippen molar-refractivity contribution in [1.82, 2.24) is 30.4 Å². The molecule has 1 unspecified atom stereocenters. The number of methoxy groups -OCH3 is 1. The van der Waals surface area contributed by atoms with E-state index in [1.807, 2.05) is 36.4 Å². The number of ether oxygens (including phenoxy) is 1. The second-order valence-electron chi connectivity index (χ2n) is 9.17. The van der Waals surface area contributed by atoms with Crippen LogP contribution in [0.1, 0.15) is 24.8 Å². The number of nitrogens with one attached hydrogen (secondary N) is 2. The van der Waals surface area contributed by atoms with Crippen LogP contribution in [0.2, 0.25) is 0 Å². The van der Waals surface area contributed by atoms with Gasteiger partial charge in [0.25, 0.3) is 0 Å². The summed E-state index contributed by atoms with van der Waals surface area (Å²) in [6.45, 7) is 4.72. The van der Waals surface area contributed by atoms with Crippen molar-refractivity contribution in [3.8, 4) is 11.4 Å². The Bertz CT molecular complexity index is 1110. The molecule has 0 radical (unpaired) electrons. The zero-order chi connectivity index (χ0) is 25.2. The zero-order valence-corrected chi connectivity index (χ0v) is 20.7. The number of urea groups is 1. The summed E-state index contributed by atoms with van der Waals surface area (Å²) in [5, 5.41) is 17.7. The standard InChI is InChI=1S/C26H34FN7O2/c1-36-16-15-34-25(30-31-32-34)22-6-2-7-24(18-22)29-26(35)28-12-4-14-33-13-3-5-21(19-33)17-20-8-10-23(27)11-9-20/h2,6-11,18,21H,3-5,12-17,19H2,1H3,(H2,28,29,35). The van der Waals surface area contributed by atoms with Crippen LogP contribution in [0, 0.1) is 11.7 Å². The molecule has 1 aliphatic heterocycles. The molecule has 0 saturated carbocycles. The number of nitrogens with zero attached hydrogens (tertiary/aromatic N) is 5. The van der Waals surface area contributed by atoms with Gasteiger partial charge in [0, 0.05) is 31.5 Å². The van der Waals surface area contributed by atoms with Crippen molar-refractivity contribution in [2.45, 2.75) is 32.2 Å². The topological polar surface area (TPSA) is 97.2 Å². The normalized spacial score (nSPS) is 16.1. The number of benzene rings is 2. The van der Waals surface area contributed by atoms with Gasteiger partial charge >= 0.3 is 6.03 Å². The summed E-state index contributed by atoms with van der Waals surface area (Å²) < 4.78 is 19.9. The van der Waals surface area contributed by atoms with E-state index >= 15 is 0 Å². The van der Waals surface area contributed by atoms with Crippen molar-refractivity contribution >= 4 is 11.7 Å². The van der Waals surface area contributed by atoms with Crippen LogP contribution < -0.4 is 10.6 Å². The van der Waals surface area contributed by atoms with Crippen LogP contribution in [0.3, 0.4) is 0 Å². The lowest BCUT2D eigenvalue weighted by molar-refractivity contribution is 0.172. The van der Waals surface area contributed by atoms with Crippen LogP contribution in [-0.2, 0) is 17.7 Å². The Kier molecular flexibility index (Phi) is 9.34. The number of carbonyl (C=O) groups is 1. The summed E-state index contributed by atoms with van der Waals surface area (Å²) in [5.74, 6) is 1.02. The number of aromatic nitrogens is 4. The van der Waals surface area contributed by atoms with Crippen molar-refractivity contribution in [3.05, 3.63) is 59.9 Å². The van der Waals surface area contributed by atoms with Crippen molar-refractivity contribution in [1.29, 1.82) is 0 Å². The summed E-state index contributed by atoms with van der Waals surface area (Å²) >= 11 is 0. The molecule has 10 heteroatoms. The fourth-order valence-electron chi connectivity index (χ4n) is 4.63. The Labute approximate surface area is 211 Å². The summed E-state index contributed by atoms with van der Waals surface area (Å²) in [5.41, 5.74) is 2.68. The van der Waals surface area contributed by atoms with E-state index in [-0.39, 0.29) is 11.8 Å². The minimum atomic E-state index is -0.237. The fraction of sp³-hybridized carbons (Fsp3) is 0.462. The highest BCUT2D eigenvalue weighted by Crippen LogP contribution is 2.22. The van der Waals surface area contributed by atoms with Crippen LogP contribution >= 0.6 is 0 Å². The first kappa shape index (κ1) is 25.7. The molecular weight excluding hydrogens is 461 g/mol. The van der Waals surface area contributed by atoms with E-state index in [9.17, 15) is 9.18 Å². The van der Waals surface area contributed by atoms with Gasteiger partial charge < -0.3 is 20.3 Å². The Morgan fingerprint density at radius 1 is 1.19 bits per heavy atom. The molecule has 1 aromatic heterocycles. The molecule has 0 aliphatic carbocycles. The molecular formula is C26H34FN7O2. The second kappa shape index (κ2) is 13.1. The molecule has 1 aliphatic rings. The smallest absolute Gasteiger partial charge is 0.319 e. The summed E-state index contributed by atoms with van der Waals surface area (Å²) in [7, 11) is 1.63. The van der Waals surface area contributed by atoms with Gasteiger partial charge in [0.05, 0.1) is 13.2 Å². The van der Waals surface area contributed by atoms with Crippen molar-refractivity contribution in [2.24, 2.45) is 5.92 Å². The van der Waals surface area contributed by atoms with E-state index in [0.29, 0.717) is 37.1 Å². The quantitative estimate of drug-likeness (QED) is 0.395. The van der Waals surface area contributed by atoms with Gasteiger partial charge in [0.2, 0.25) is 0 Å². The van der Waals surface area contributed by atoms with Gasteiger partial charge in [-0.15, -0.1) is 5.10 Å². The zero-order valence-electron chi connectivity index (χ0n) is 20.7. The van der Waals surface area contributed by atoms with Gasteiger partial charge in [0.1, 0.15) is 5.82 Å². The first-order chi connectivity index (χ1) is 17.6. The largest absolute Gasteiger partial charge is 0.383 e. The van der Waals surface area contributed by atoms with Gasteiger partial charge in [0.15, 0.2) is 5.82 Å². The van der Waals surface area contributed by atoms with Crippen LogP contribution in [0.15, 0.2) is 48.5 Å². The molecule has 3 aromatic rings. The van der Waals surface area contributed by atoms with E-state index in [1.165, 1.54) is 30.5 Å². The number of amides is 2. The number of hydrogen-bond acceptors (Lipinski definition) is 6. The summed E-state index contributed by atoms with van der Waals surface area (Å²) in [6.07, 6.45) is 4.23. The number of likely N-dealkylation sites (tertiary alicyclic amines) is 1. The summed E-state index contributed by atoms with van der Waals surface area (Å²) in [4.78, 5) is 14.9. The van der Waals surface area contributed by atoms with Gasteiger partial charge in [-0.2, -0.15) is 0 Å². The lowest BCUT2D eigenvalue weighted by Gasteiger charge is -2.32. The molecule has 0 spiro atoms. The average molecular weight is 496 g/mol. The third-order valence-corrected chi connectivity index (χ3v) is 6.40. The van der Waals surface area contributed by atoms with Gasteiger partial charge in [-0.25, -0.2) is 13.9 Å². The van der Waals surface area contributed by atoms with Gasteiger partial charge in [-0.3, -0.25) is 0 Å². The van der Waals surface area contributed by atoms with E-state index in [2.05, 4.69) is 31.1 Å². The fourth-order valence-corrected chi connectivity index (χ4v) is 4.63. The highest BCUT2D eigenvalue weighted by Gasteiger charge is 2.20. The molecule has 192 valence electrons. The lowest BCUT2D eigenvalue weighted by atomic mass is 9.91. The average Bonchev–Trinajstić information content (AvgIpc) is 3.36. The number of tetrazole rings is 1. The Hall–Kier alpha value is -3.37. The molecule has 1 atom stereocenters. The highest BCUT2D eigenvalue weighted by atomic mass is 19.1. The van der Waals surface area contributed by atoms with E-state index in [1.54, 1.807) is 11.8 Å². The number of halogens is 1. The number of rotatable bonds is 11. The number of piperidine rings is 1. The van der Waals surface area contributed by atoms with Crippen LogP contribution in [0.25, 0.3) is 11.4 Å². The molecule has 1 fully saturated rings. The van der Waals surface area contributed by atoms with Crippen molar-refractivity contribution < 1.29 is 13.9 Å². The maximum Gasteiger partial charge on any atom is 0.319 e. The highest BCUT2D eigenvalue weighted by molar-refractivity contribution is 5.89. The number of anilines is 1. The van der Waals surface area contributed by atoms with Crippen LogP contribution in [0.5, 0.6) is 0 Å². The minimum Gasteiger partial charge on any atom is -0.383 e. The van der Waals surface area contributed by atoms with Gasteiger partial charge in [-0.1, -0.05) is 24.3 Å². The van der Waals surface area contributed by atoms with E-state index < -0.39 is 0 Å². The molecule has 9 nitrogen and oxygen atoms in total. The Balaban J connectivity index is 1.18. The first-order valence-electron chi connectivity index (χ1n) is 12.5. The monoisotopic (exact) mass is 495 g/mol. The predicted molar refractivity (Wildman–Crippen MR) is 136 cm³/mol. The minimum absolute atomic E-state index is 0.187. The Morgan fingerprint density at radius 2 is 2.06 bits per heavy atom. The third kappa shape index (κ3) is 7.56. The van der Waals surface area contributed by atoms with Crippen LogP contribution in [0.4, 0.5) is 14.9 Å². The molecule has 0 bridgehead atoms. The predicted octanol–water partition coefficient (Wildman–Crippen LogP) is 3.59. The molecule has 2 N–H and O–H groups in total. The van der Waals surface area contributed by atoms with E-state index in [0.717, 1.165) is 38.0 Å². The first-order valence-corrected chi connectivity index (χ1v) is 12.5. The molecule has 36 heavy (non-hydrogen) atoms. The Morgan fingerprint density at radius 3 is 2.89 bits per heavy atom. The lowest BCUT2D eigenvalue weighted by Crippen LogP contribution is -2.38.